The van der Waals surface area contributed by atoms with Gasteiger partial charge < -0.3 is 14.6 Å². The van der Waals surface area contributed by atoms with Crippen LogP contribution >= 0.6 is 0 Å². The Morgan fingerprint density at radius 2 is 1.89 bits per heavy atom. The first-order valence-corrected chi connectivity index (χ1v) is 8.71. The molecule has 0 saturated heterocycles. The Morgan fingerprint density at radius 1 is 1.19 bits per heavy atom. The van der Waals surface area contributed by atoms with Crippen LogP contribution in [0, 0.1) is 20.8 Å². The van der Waals surface area contributed by atoms with Crippen molar-refractivity contribution in [3.8, 4) is 5.75 Å². The molecule has 0 bridgehead atoms. The van der Waals surface area contributed by atoms with E-state index in [4.69, 9.17) is 4.74 Å². The van der Waals surface area contributed by atoms with Gasteiger partial charge in [0, 0.05) is 41.0 Å². The summed E-state index contributed by atoms with van der Waals surface area (Å²) < 4.78 is 5.41. The average molecular weight is 365 g/mol. The van der Waals surface area contributed by atoms with E-state index in [-0.39, 0.29) is 6.54 Å². The highest BCUT2D eigenvalue weighted by atomic mass is 16.5. The van der Waals surface area contributed by atoms with E-state index >= 15 is 0 Å². The van der Waals surface area contributed by atoms with Crippen LogP contribution in [0.1, 0.15) is 32.9 Å². The number of carbonyl (C=O) groups is 2. The normalized spacial score (nSPS) is 10.9. The number of nitrogens with zero attached hydrogens (tertiary/aromatic N) is 2. The quantitative estimate of drug-likeness (QED) is 0.556. The smallest absolute Gasteiger partial charge is 0.295 e. The lowest BCUT2D eigenvalue weighted by Crippen LogP contribution is -2.33. The third kappa shape index (κ3) is 3.30. The van der Waals surface area contributed by atoms with Crippen molar-refractivity contribution in [3.63, 3.8) is 0 Å². The fourth-order valence-corrected chi connectivity index (χ4v) is 3.38. The molecule has 1 amide bonds. The second-order valence-electron chi connectivity index (χ2n) is 6.71. The summed E-state index contributed by atoms with van der Waals surface area (Å²) in [6, 6.07) is 7.47. The predicted octanol–water partition coefficient (Wildman–Crippen LogP) is 3.34. The topological polar surface area (TPSA) is 75.3 Å². The van der Waals surface area contributed by atoms with Crippen molar-refractivity contribution >= 4 is 22.6 Å². The summed E-state index contributed by atoms with van der Waals surface area (Å²) >= 11 is 0. The van der Waals surface area contributed by atoms with Gasteiger partial charge in [-0.1, -0.05) is 18.2 Å². The number of aromatic nitrogens is 2. The van der Waals surface area contributed by atoms with Gasteiger partial charge in [-0.05, 0) is 26.8 Å². The molecular weight excluding hydrogens is 342 g/mol. The van der Waals surface area contributed by atoms with Gasteiger partial charge in [0.1, 0.15) is 5.75 Å². The summed E-state index contributed by atoms with van der Waals surface area (Å²) in [5.41, 5.74) is 4.46. The van der Waals surface area contributed by atoms with E-state index in [2.05, 4.69) is 9.97 Å². The molecule has 0 fully saturated rings. The van der Waals surface area contributed by atoms with Crippen LogP contribution in [-0.4, -0.2) is 40.7 Å². The number of H-pyrrole nitrogens is 1. The molecule has 1 N–H and O–H groups in total. The second kappa shape index (κ2) is 7.23. The molecule has 0 aliphatic heterocycles. The summed E-state index contributed by atoms with van der Waals surface area (Å²) in [6.45, 7) is 5.85. The number of methoxy groups -OCH3 is 1. The SMILES string of the molecule is COc1c(C)cnc(CN(C)C(=O)C(=O)c2c(C)[nH]c3ccccc23)c1C. The minimum Gasteiger partial charge on any atom is -0.496 e. The molecular formula is C21H23N3O3. The number of hydrogen-bond donors (Lipinski definition) is 1. The Labute approximate surface area is 158 Å². The fourth-order valence-electron chi connectivity index (χ4n) is 3.38. The molecule has 0 saturated carbocycles. The number of para-hydroxylation sites is 1. The van der Waals surface area contributed by atoms with Gasteiger partial charge in [-0.15, -0.1) is 0 Å². The lowest BCUT2D eigenvalue weighted by Gasteiger charge is -2.19. The van der Waals surface area contributed by atoms with Gasteiger partial charge in [-0.2, -0.15) is 0 Å². The van der Waals surface area contributed by atoms with Crippen LogP contribution in [0.4, 0.5) is 0 Å². The number of carbonyl (C=O) groups excluding carboxylic acids is 2. The zero-order valence-electron chi connectivity index (χ0n) is 16.2. The number of fused-ring (bicyclic) bond motifs is 1. The van der Waals surface area contributed by atoms with Gasteiger partial charge in [0.15, 0.2) is 0 Å². The van der Waals surface area contributed by atoms with Crippen molar-refractivity contribution in [2.24, 2.45) is 0 Å². The summed E-state index contributed by atoms with van der Waals surface area (Å²) in [5.74, 6) is -0.340. The summed E-state index contributed by atoms with van der Waals surface area (Å²) in [6.07, 6.45) is 1.71. The van der Waals surface area contributed by atoms with Crippen molar-refractivity contribution in [1.29, 1.82) is 0 Å². The second-order valence-corrected chi connectivity index (χ2v) is 6.71. The number of Topliss-reactive ketones (excluding diaryl/α,β-unsaturated/α-hetero) is 1. The van der Waals surface area contributed by atoms with Crippen molar-refractivity contribution in [2.75, 3.05) is 14.2 Å². The first kappa shape index (κ1) is 18.6. The molecule has 3 aromatic rings. The lowest BCUT2D eigenvalue weighted by molar-refractivity contribution is -0.125. The van der Waals surface area contributed by atoms with Crippen LogP contribution in [0.25, 0.3) is 10.9 Å². The van der Waals surface area contributed by atoms with Crippen molar-refractivity contribution in [2.45, 2.75) is 27.3 Å². The highest BCUT2D eigenvalue weighted by molar-refractivity contribution is 6.45. The molecule has 0 spiro atoms. The number of ether oxygens (including phenoxy) is 1. The minimum absolute atomic E-state index is 0.231. The van der Waals surface area contributed by atoms with E-state index in [1.165, 1.54) is 4.90 Å². The molecule has 6 heteroatoms. The lowest BCUT2D eigenvalue weighted by atomic mass is 10.1. The van der Waals surface area contributed by atoms with Crippen LogP contribution in [0.5, 0.6) is 5.75 Å². The van der Waals surface area contributed by atoms with Crippen LogP contribution in [0.2, 0.25) is 0 Å². The molecule has 3 rings (SSSR count). The minimum atomic E-state index is -0.566. The summed E-state index contributed by atoms with van der Waals surface area (Å²) in [4.78, 5) is 34.6. The van der Waals surface area contributed by atoms with Gasteiger partial charge in [-0.3, -0.25) is 14.6 Å². The molecule has 0 atom stereocenters. The number of rotatable bonds is 5. The van der Waals surface area contributed by atoms with E-state index in [1.54, 1.807) is 27.3 Å². The maximum atomic E-state index is 12.9. The molecule has 27 heavy (non-hydrogen) atoms. The first-order chi connectivity index (χ1) is 12.8. The number of likely N-dealkylation sites (N-methyl/N-ethyl adjacent to an activating group) is 1. The third-order valence-corrected chi connectivity index (χ3v) is 4.80. The molecule has 6 nitrogen and oxygen atoms in total. The number of aromatic amines is 1. The predicted molar refractivity (Wildman–Crippen MR) is 104 cm³/mol. The Morgan fingerprint density at radius 3 is 2.59 bits per heavy atom. The molecule has 0 radical (unpaired) electrons. The number of aryl methyl sites for hydroxylation is 2. The van der Waals surface area contributed by atoms with Crippen molar-refractivity contribution in [1.82, 2.24) is 14.9 Å². The highest BCUT2D eigenvalue weighted by Crippen LogP contribution is 2.26. The van der Waals surface area contributed by atoms with Crippen molar-refractivity contribution < 1.29 is 14.3 Å². The maximum absolute atomic E-state index is 12.9. The Hall–Kier alpha value is -3.15. The van der Waals surface area contributed by atoms with Crippen LogP contribution in [-0.2, 0) is 11.3 Å². The van der Waals surface area contributed by atoms with Crippen LogP contribution in [0.3, 0.4) is 0 Å². The fraction of sp³-hybridized carbons (Fsp3) is 0.286. The number of amides is 1. The van der Waals surface area contributed by atoms with Gasteiger partial charge in [0.2, 0.25) is 0 Å². The summed E-state index contributed by atoms with van der Waals surface area (Å²) in [7, 11) is 3.22. The molecule has 2 aromatic heterocycles. The number of pyridine rings is 1. The number of benzene rings is 1. The van der Waals surface area contributed by atoms with E-state index in [0.717, 1.165) is 27.8 Å². The first-order valence-electron chi connectivity index (χ1n) is 8.71. The molecule has 0 aliphatic carbocycles. The molecule has 1 aromatic carbocycles. The van der Waals surface area contributed by atoms with E-state index in [1.807, 2.05) is 38.1 Å². The monoisotopic (exact) mass is 365 g/mol. The van der Waals surface area contributed by atoms with E-state index < -0.39 is 11.7 Å². The molecule has 2 heterocycles. The standard InChI is InChI=1S/C21H23N3O3/c1-12-10-22-17(13(2)20(12)27-5)11-24(4)21(26)19(25)18-14(3)23-16-9-7-6-8-15(16)18/h6-10,23H,11H2,1-5H3. The van der Waals surface area contributed by atoms with E-state index in [9.17, 15) is 9.59 Å². The van der Waals surface area contributed by atoms with Gasteiger partial charge in [0.25, 0.3) is 11.7 Å². The van der Waals surface area contributed by atoms with Crippen molar-refractivity contribution in [3.05, 3.63) is 58.5 Å². The molecule has 0 unspecified atom stereocenters. The van der Waals surface area contributed by atoms with Gasteiger partial charge in [0.05, 0.1) is 24.9 Å². The number of nitrogens with one attached hydrogen (secondary N) is 1. The third-order valence-electron chi connectivity index (χ3n) is 4.80. The maximum Gasteiger partial charge on any atom is 0.295 e. The zero-order valence-corrected chi connectivity index (χ0v) is 16.2. The average Bonchev–Trinajstić information content (AvgIpc) is 2.98. The number of hydrogen-bond acceptors (Lipinski definition) is 4. The molecule has 140 valence electrons. The summed E-state index contributed by atoms with van der Waals surface area (Å²) in [5, 5.41) is 0.757. The largest absolute Gasteiger partial charge is 0.496 e. The highest BCUT2D eigenvalue weighted by Gasteiger charge is 2.26. The van der Waals surface area contributed by atoms with Gasteiger partial charge in [-0.25, -0.2) is 0 Å². The Bertz CT molecular complexity index is 1040. The van der Waals surface area contributed by atoms with Crippen LogP contribution in [0.15, 0.2) is 30.5 Å². The van der Waals surface area contributed by atoms with Gasteiger partial charge >= 0.3 is 0 Å². The van der Waals surface area contributed by atoms with E-state index in [0.29, 0.717) is 17.0 Å². The number of ketones is 1. The Kier molecular flexibility index (Phi) is 4.99. The zero-order chi connectivity index (χ0) is 19.7. The van der Waals surface area contributed by atoms with Crippen LogP contribution < -0.4 is 4.74 Å². The Balaban J connectivity index is 1.87. The molecule has 0 aliphatic rings.